The van der Waals surface area contributed by atoms with Crippen molar-refractivity contribution in [3.8, 4) is 35.0 Å². The lowest BCUT2D eigenvalue weighted by Crippen LogP contribution is -2.27. The number of carbonyl (C=O) groups is 1. The molecule has 0 unspecified atom stereocenters. The first-order chi connectivity index (χ1) is 21.5. The molecular weight excluding hydrogens is 569 g/mol. The van der Waals surface area contributed by atoms with Gasteiger partial charge in [-0.05, 0) is 61.6 Å². The molecule has 0 saturated carbocycles. The predicted molar refractivity (Wildman–Crippen MR) is 178 cm³/mol. The number of benzene rings is 2. The van der Waals surface area contributed by atoms with Crippen molar-refractivity contribution in [3.05, 3.63) is 83.8 Å². The van der Waals surface area contributed by atoms with Crippen LogP contribution in [-0.4, -0.2) is 63.1 Å². The molecule has 0 spiro atoms. The van der Waals surface area contributed by atoms with E-state index in [-0.39, 0.29) is 5.91 Å². The molecule has 0 saturated heterocycles. The average Bonchev–Trinajstić information content (AvgIpc) is 3.60. The minimum Gasteiger partial charge on any atom is -0.404 e. The molecule has 0 aliphatic carbocycles. The van der Waals surface area contributed by atoms with Crippen molar-refractivity contribution >= 4 is 33.8 Å². The van der Waals surface area contributed by atoms with Gasteiger partial charge in [-0.1, -0.05) is 32.8 Å². The first-order valence-electron chi connectivity index (χ1n) is 14.4. The summed E-state index contributed by atoms with van der Waals surface area (Å²) >= 11 is 0. The number of nitrogens with zero attached hydrogens (tertiary/aromatic N) is 4. The van der Waals surface area contributed by atoms with Crippen LogP contribution in [-0.2, 0) is 4.79 Å². The normalized spacial score (nSPS) is 12.0. The molecule has 2 aromatic carbocycles. The van der Waals surface area contributed by atoms with Crippen LogP contribution >= 0.6 is 0 Å². The van der Waals surface area contributed by atoms with Crippen LogP contribution in [0.3, 0.4) is 0 Å². The molecule has 0 radical (unpaired) electrons. The molecule has 6 N–H and O–H groups in total. The number of halogens is 1. The summed E-state index contributed by atoms with van der Waals surface area (Å²) in [5.74, 6) is 2.55. The van der Waals surface area contributed by atoms with Crippen LogP contribution in [0.25, 0.3) is 39.1 Å². The maximum Gasteiger partial charge on any atom is 0.229 e. The van der Waals surface area contributed by atoms with E-state index in [1.54, 1.807) is 12.4 Å². The Labute approximate surface area is 261 Å². The number of anilines is 2. The number of fused-ring (bicyclic) bond motifs is 1. The monoisotopic (exact) mass is 605 g/mol. The second-order valence-electron chi connectivity index (χ2n) is 12.0. The summed E-state index contributed by atoms with van der Waals surface area (Å²) in [6.45, 7) is 6.98. The van der Waals surface area contributed by atoms with Crippen LogP contribution < -0.4 is 16.4 Å². The Kier molecular flexibility index (Phi) is 8.70. The van der Waals surface area contributed by atoms with E-state index in [1.165, 1.54) is 18.3 Å². The number of H-pyrrole nitrogens is 2. The molecule has 230 valence electrons. The van der Waals surface area contributed by atoms with Gasteiger partial charge >= 0.3 is 0 Å². The molecule has 0 atom stereocenters. The lowest BCUT2D eigenvalue weighted by atomic mass is 9.95. The number of imidazole rings is 1. The number of aromatic nitrogens is 5. The Bertz CT molecular complexity index is 1940. The number of nitrogens with one attached hydrogen (secondary N) is 4. The number of carbonyl (C=O) groups excluding carboxylic acids is 1. The van der Waals surface area contributed by atoms with Crippen LogP contribution in [0, 0.1) is 23.6 Å². The van der Waals surface area contributed by atoms with Gasteiger partial charge in [0, 0.05) is 53.1 Å². The first-order valence-corrected chi connectivity index (χ1v) is 14.4. The lowest BCUT2D eigenvalue weighted by Gasteiger charge is -2.17. The van der Waals surface area contributed by atoms with E-state index in [0.29, 0.717) is 52.0 Å². The number of amides is 1. The molecule has 10 nitrogen and oxygen atoms in total. The molecule has 5 rings (SSSR count). The fourth-order valence-corrected chi connectivity index (χ4v) is 4.73. The van der Waals surface area contributed by atoms with Gasteiger partial charge in [-0.15, -0.1) is 6.42 Å². The van der Waals surface area contributed by atoms with Crippen molar-refractivity contribution in [2.75, 3.05) is 37.8 Å². The smallest absolute Gasteiger partial charge is 0.229 e. The van der Waals surface area contributed by atoms with Gasteiger partial charge in [-0.2, -0.15) is 5.10 Å². The van der Waals surface area contributed by atoms with E-state index in [4.69, 9.17) is 17.1 Å². The third kappa shape index (κ3) is 6.87. The molecule has 45 heavy (non-hydrogen) atoms. The van der Waals surface area contributed by atoms with E-state index >= 15 is 0 Å². The average molecular weight is 606 g/mol. The van der Waals surface area contributed by atoms with Gasteiger partial charge in [0.05, 0.1) is 17.4 Å². The first kappa shape index (κ1) is 31.0. The second kappa shape index (κ2) is 12.6. The van der Waals surface area contributed by atoms with Crippen molar-refractivity contribution in [2.24, 2.45) is 11.1 Å². The van der Waals surface area contributed by atoms with Crippen LogP contribution in [0.15, 0.2) is 61.1 Å². The number of nitrogens with two attached hydrogens (primary N) is 1. The Morgan fingerprint density at radius 3 is 2.62 bits per heavy atom. The zero-order valence-electron chi connectivity index (χ0n) is 25.9. The SMILES string of the molecule is C#Cc1[nH]c(-c2n[nH]c3ccc(-c4cncc(NC(=O)C(C)(C)C)c4)cc23)nc1/C(=C\N)c1cc(F)cc(NCCN(C)C)c1. The third-order valence-electron chi connectivity index (χ3n) is 7.16. The number of pyridine rings is 1. The number of terminal acetylenes is 1. The molecule has 11 heteroatoms. The summed E-state index contributed by atoms with van der Waals surface area (Å²) in [5.41, 5.74) is 11.5. The number of hydrogen-bond acceptors (Lipinski definition) is 7. The standard InChI is InChI=1S/C34H36FN9O/c1-7-28-30(27(17-36)21-12-23(35)16-24(13-21)38-10-11-44(5)6)41-32(40-28)31-26-15-20(8-9-29(26)42-43-31)22-14-25(19-37-18-22)39-33(45)34(2,3)4/h1,8-9,12-19,38H,10-11,36H2,2-6H3,(H,39,45)(H,40,41)(H,42,43)/b27-17-. The van der Waals surface area contributed by atoms with Gasteiger partial charge < -0.3 is 26.3 Å². The summed E-state index contributed by atoms with van der Waals surface area (Å²) in [5, 5.41) is 14.5. The maximum absolute atomic E-state index is 14.7. The molecule has 1 amide bonds. The van der Waals surface area contributed by atoms with Crippen LogP contribution in [0.4, 0.5) is 15.8 Å². The number of likely N-dealkylation sites (N-methyl/N-ethyl adjacent to an activating group) is 1. The second-order valence-corrected chi connectivity index (χ2v) is 12.0. The van der Waals surface area contributed by atoms with E-state index in [9.17, 15) is 9.18 Å². The molecule has 0 fully saturated rings. The number of hydrogen-bond donors (Lipinski definition) is 5. The van der Waals surface area contributed by atoms with Crippen LogP contribution in [0.1, 0.15) is 37.7 Å². The van der Waals surface area contributed by atoms with E-state index in [1.807, 2.05) is 70.1 Å². The molecule has 3 aromatic heterocycles. The van der Waals surface area contributed by atoms with Crippen molar-refractivity contribution in [2.45, 2.75) is 20.8 Å². The maximum atomic E-state index is 14.7. The van der Waals surface area contributed by atoms with Crippen LogP contribution in [0.2, 0.25) is 0 Å². The highest BCUT2D eigenvalue weighted by Gasteiger charge is 2.22. The Hall–Kier alpha value is -5.47. The van der Waals surface area contributed by atoms with Gasteiger partial charge in [0.25, 0.3) is 0 Å². The molecule has 0 aliphatic rings. The fraction of sp³-hybridized carbons (Fsp3) is 0.235. The summed E-state index contributed by atoms with van der Waals surface area (Å²) < 4.78 is 14.7. The molecule has 0 aliphatic heterocycles. The van der Waals surface area contributed by atoms with Crippen LogP contribution in [0.5, 0.6) is 0 Å². The Morgan fingerprint density at radius 2 is 1.91 bits per heavy atom. The van der Waals surface area contributed by atoms with Gasteiger partial charge in [0.1, 0.15) is 22.9 Å². The Balaban J connectivity index is 1.49. The zero-order chi connectivity index (χ0) is 32.3. The predicted octanol–water partition coefficient (Wildman–Crippen LogP) is 5.44. The minimum absolute atomic E-state index is 0.104. The Morgan fingerprint density at radius 1 is 1.11 bits per heavy atom. The van der Waals surface area contributed by atoms with Crippen molar-refractivity contribution in [1.82, 2.24) is 30.0 Å². The topological polar surface area (TPSA) is 141 Å². The quantitative estimate of drug-likeness (QED) is 0.141. The molecular formula is C34H36FN9O. The van der Waals surface area contributed by atoms with E-state index in [0.717, 1.165) is 28.6 Å². The molecule has 0 bridgehead atoms. The summed E-state index contributed by atoms with van der Waals surface area (Å²) in [6.07, 6.45) is 10.6. The van der Waals surface area contributed by atoms with Crippen molar-refractivity contribution in [1.29, 1.82) is 0 Å². The van der Waals surface area contributed by atoms with Gasteiger partial charge in [0.2, 0.25) is 5.91 Å². The largest absolute Gasteiger partial charge is 0.404 e. The third-order valence-corrected chi connectivity index (χ3v) is 7.16. The summed E-state index contributed by atoms with van der Waals surface area (Å²) in [4.78, 5) is 26.9. The van der Waals surface area contributed by atoms with Crippen molar-refractivity contribution < 1.29 is 9.18 Å². The highest BCUT2D eigenvalue weighted by atomic mass is 19.1. The summed E-state index contributed by atoms with van der Waals surface area (Å²) in [6, 6.07) is 12.3. The highest BCUT2D eigenvalue weighted by Crippen LogP contribution is 2.33. The van der Waals surface area contributed by atoms with Gasteiger partial charge in [-0.25, -0.2) is 9.37 Å². The highest BCUT2D eigenvalue weighted by molar-refractivity contribution is 5.97. The van der Waals surface area contributed by atoms with Gasteiger partial charge in [0.15, 0.2) is 5.82 Å². The molecule has 3 heterocycles. The zero-order valence-corrected chi connectivity index (χ0v) is 25.9. The van der Waals surface area contributed by atoms with Crippen molar-refractivity contribution in [3.63, 3.8) is 0 Å². The van der Waals surface area contributed by atoms with Gasteiger partial charge in [-0.3, -0.25) is 14.9 Å². The number of aromatic amines is 2. The summed E-state index contributed by atoms with van der Waals surface area (Å²) in [7, 11) is 3.94. The van der Waals surface area contributed by atoms with E-state index < -0.39 is 11.2 Å². The minimum atomic E-state index is -0.543. The molecule has 5 aromatic rings. The fourth-order valence-electron chi connectivity index (χ4n) is 4.73. The number of rotatable bonds is 9. The lowest BCUT2D eigenvalue weighted by molar-refractivity contribution is -0.123. The van der Waals surface area contributed by atoms with E-state index in [2.05, 4.69) is 36.7 Å².